The summed E-state index contributed by atoms with van der Waals surface area (Å²) < 4.78 is 6.53. The van der Waals surface area contributed by atoms with Crippen molar-refractivity contribution in [2.24, 2.45) is 0 Å². The number of hydrogen-bond donors (Lipinski definition) is 0. The Morgan fingerprint density at radius 1 is 1.07 bits per heavy atom. The highest BCUT2D eigenvalue weighted by atomic mass is 32.2. The molecule has 2 aromatic rings. The molecule has 1 aliphatic heterocycles. The summed E-state index contributed by atoms with van der Waals surface area (Å²) in [5.74, 6) is 1.40. The molecule has 1 fully saturated rings. The lowest BCUT2D eigenvalue weighted by atomic mass is 9.87. The fourth-order valence-corrected chi connectivity index (χ4v) is 4.19. The predicted molar refractivity (Wildman–Crippen MR) is 120 cm³/mol. The normalized spacial score (nSPS) is 16.4. The van der Waals surface area contributed by atoms with Gasteiger partial charge in [0.05, 0.1) is 4.91 Å². The monoisotopic (exact) mass is 412 g/mol. The number of hydrogen-bond acceptors (Lipinski definition) is 5. The van der Waals surface area contributed by atoms with Gasteiger partial charge in [0.25, 0.3) is 5.91 Å². The highest BCUT2D eigenvalue weighted by Gasteiger charge is 2.33. The average molecular weight is 413 g/mol. The zero-order chi connectivity index (χ0) is 20.5. The molecular formula is C22H24N2O2S2. The topological polar surface area (TPSA) is 32.8 Å². The number of rotatable bonds is 4. The molecule has 0 aliphatic carbocycles. The number of carbonyl (C=O) groups excluding carboxylic acids is 1. The van der Waals surface area contributed by atoms with Crippen molar-refractivity contribution in [3.05, 3.63) is 64.6 Å². The van der Waals surface area contributed by atoms with Crippen LogP contribution in [0.3, 0.4) is 0 Å². The smallest absolute Gasteiger partial charge is 0.280 e. The first-order valence-electron chi connectivity index (χ1n) is 8.99. The van der Waals surface area contributed by atoms with E-state index in [-0.39, 0.29) is 11.3 Å². The van der Waals surface area contributed by atoms with E-state index in [4.69, 9.17) is 17.0 Å². The van der Waals surface area contributed by atoms with Crippen LogP contribution in [0.25, 0.3) is 6.08 Å². The van der Waals surface area contributed by atoms with Crippen LogP contribution in [0, 0.1) is 0 Å². The minimum atomic E-state index is -0.107. The van der Waals surface area contributed by atoms with Gasteiger partial charge in [0.1, 0.15) is 11.5 Å². The van der Waals surface area contributed by atoms with Gasteiger partial charge in [-0.3, -0.25) is 4.79 Å². The summed E-state index contributed by atoms with van der Waals surface area (Å²) in [4.78, 5) is 13.1. The summed E-state index contributed by atoms with van der Waals surface area (Å²) in [6.45, 7) is 6.56. The van der Waals surface area contributed by atoms with Crippen molar-refractivity contribution in [1.82, 2.24) is 10.0 Å². The third kappa shape index (κ3) is 4.63. The van der Waals surface area contributed by atoms with Crippen LogP contribution in [0.1, 0.15) is 31.9 Å². The summed E-state index contributed by atoms with van der Waals surface area (Å²) in [5, 5.41) is 3.18. The van der Waals surface area contributed by atoms with Crippen molar-refractivity contribution in [3.8, 4) is 11.5 Å². The van der Waals surface area contributed by atoms with Gasteiger partial charge in [-0.15, -0.1) is 0 Å². The second-order valence-electron chi connectivity index (χ2n) is 7.79. The first-order valence-corrected chi connectivity index (χ1v) is 10.2. The Kier molecular flexibility index (Phi) is 5.93. The van der Waals surface area contributed by atoms with Crippen molar-refractivity contribution in [3.63, 3.8) is 0 Å². The maximum Gasteiger partial charge on any atom is 0.280 e. The van der Waals surface area contributed by atoms with Crippen molar-refractivity contribution < 1.29 is 9.53 Å². The van der Waals surface area contributed by atoms with Crippen molar-refractivity contribution in [2.75, 3.05) is 14.1 Å². The maximum atomic E-state index is 12.5. The van der Waals surface area contributed by atoms with Crippen LogP contribution < -0.4 is 4.74 Å². The Labute approximate surface area is 176 Å². The third-order valence-electron chi connectivity index (χ3n) is 4.29. The standard InChI is InChI=1S/C22H24N2O2S2/c1-22(2,3)16-9-11-17(12-10-16)26-18-8-6-7-15(13-18)14-19-20(25)24(23(4)5)21(27)28-19/h6-14H,1-5H3. The van der Waals surface area contributed by atoms with E-state index < -0.39 is 0 Å². The SMILES string of the molecule is CN(C)N1C(=O)C(=Cc2cccc(Oc3ccc(C(C)(C)C)cc3)c2)SC1=S. The molecule has 6 heteroatoms. The lowest BCUT2D eigenvalue weighted by Crippen LogP contribution is -2.39. The molecule has 1 saturated heterocycles. The predicted octanol–water partition coefficient (Wildman–Crippen LogP) is 5.45. The molecule has 0 saturated carbocycles. The number of benzene rings is 2. The van der Waals surface area contributed by atoms with Gasteiger partial charge in [-0.25, -0.2) is 10.0 Å². The molecule has 1 aliphatic rings. The highest BCUT2D eigenvalue weighted by molar-refractivity contribution is 8.26. The van der Waals surface area contributed by atoms with Gasteiger partial charge >= 0.3 is 0 Å². The molecule has 0 spiro atoms. The van der Waals surface area contributed by atoms with E-state index in [0.29, 0.717) is 9.23 Å². The molecule has 0 aromatic heterocycles. The highest BCUT2D eigenvalue weighted by Crippen LogP contribution is 2.34. The minimum absolute atomic E-state index is 0.107. The molecule has 2 aromatic carbocycles. The van der Waals surface area contributed by atoms with E-state index in [1.54, 1.807) is 19.1 Å². The van der Waals surface area contributed by atoms with Crippen LogP contribution in [-0.2, 0) is 10.2 Å². The van der Waals surface area contributed by atoms with E-state index >= 15 is 0 Å². The first kappa shape index (κ1) is 20.6. The van der Waals surface area contributed by atoms with Gasteiger partial charge < -0.3 is 4.74 Å². The zero-order valence-corrected chi connectivity index (χ0v) is 18.4. The number of thioether (sulfide) groups is 1. The van der Waals surface area contributed by atoms with E-state index in [0.717, 1.165) is 17.1 Å². The molecule has 146 valence electrons. The average Bonchev–Trinajstić information content (AvgIpc) is 2.88. The summed E-state index contributed by atoms with van der Waals surface area (Å²) >= 11 is 6.60. The Balaban J connectivity index is 1.78. The van der Waals surface area contributed by atoms with Gasteiger partial charge in [0.15, 0.2) is 4.32 Å². The molecule has 0 unspecified atom stereocenters. The number of carbonyl (C=O) groups is 1. The molecule has 4 nitrogen and oxygen atoms in total. The van der Waals surface area contributed by atoms with Crippen LogP contribution in [-0.4, -0.2) is 34.3 Å². The van der Waals surface area contributed by atoms with Gasteiger partial charge in [0.2, 0.25) is 0 Å². The Hall–Kier alpha value is -2.15. The minimum Gasteiger partial charge on any atom is -0.457 e. The van der Waals surface area contributed by atoms with Gasteiger partial charge in [-0.1, -0.05) is 69.0 Å². The third-order valence-corrected chi connectivity index (χ3v) is 5.57. The van der Waals surface area contributed by atoms with E-state index in [1.807, 2.05) is 42.5 Å². The second-order valence-corrected chi connectivity index (χ2v) is 9.47. The number of amides is 1. The molecule has 28 heavy (non-hydrogen) atoms. The molecule has 0 radical (unpaired) electrons. The Morgan fingerprint density at radius 3 is 2.32 bits per heavy atom. The van der Waals surface area contributed by atoms with Crippen LogP contribution in [0.15, 0.2) is 53.4 Å². The van der Waals surface area contributed by atoms with Gasteiger partial charge in [0, 0.05) is 14.1 Å². The van der Waals surface area contributed by atoms with Gasteiger partial charge in [-0.2, -0.15) is 0 Å². The van der Waals surface area contributed by atoms with E-state index in [2.05, 4.69) is 32.9 Å². The van der Waals surface area contributed by atoms with Crippen molar-refractivity contribution in [1.29, 1.82) is 0 Å². The molecule has 1 amide bonds. The molecular weight excluding hydrogens is 388 g/mol. The molecule has 1 heterocycles. The summed E-state index contributed by atoms with van der Waals surface area (Å²) in [7, 11) is 3.60. The van der Waals surface area contributed by atoms with Crippen LogP contribution in [0.4, 0.5) is 0 Å². The zero-order valence-electron chi connectivity index (χ0n) is 16.7. The fraction of sp³-hybridized carbons (Fsp3) is 0.273. The lowest BCUT2D eigenvalue weighted by molar-refractivity contribution is -0.130. The number of thiocarbonyl (C=S) groups is 1. The molecule has 0 N–H and O–H groups in total. The van der Waals surface area contributed by atoms with Crippen LogP contribution in [0.2, 0.25) is 0 Å². The summed E-state index contributed by atoms with van der Waals surface area (Å²) in [6.07, 6.45) is 1.85. The lowest BCUT2D eigenvalue weighted by Gasteiger charge is -2.21. The molecule has 0 atom stereocenters. The molecule has 0 bridgehead atoms. The summed E-state index contributed by atoms with van der Waals surface area (Å²) in [6, 6.07) is 15.8. The largest absolute Gasteiger partial charge is 0.457 e. The Bertz CT molecular complexity index is 928. The van der Waals surface area contributed by atoms with Crippen molar-refractivity contribution in [2.45, 2.75) is 26.2 Å². The maximum absolute atomic E-state index is 12.5. The second kappa shape index (κ2) is 8.07. The van der Waals surface area contributed by atoms with Gasteiger partial charge in [-0.05, 0) is 46.9 Å². The summed E-state index contributed by atoms with van der Waals surface area (Å²) in [5.41, 5.74) is 2.26. The first-order chi connectivity index (χ1) is 13.1. The fourth-order valence-electron chi connectivity index (χ4n) is 2.78. The Morgan fingerprint density at radius 2 is 1.75 bits per heavy atom. The van der Waals surface area contributed by atoms with E-state index in [9.17, 15) is 4.79 Å². The number of nitrogens with zero attached hydrogens (tertiary/aromatic N) is 2. The number of hydrazine groups is 1. The molecule has 3 rings (SSSR count). The number of ether oxygens (including phenoxy) is 1. The van der Waals surface area contributed by atoms with E-state index in [1.165, 1.54) is 22.3 Å². The quantitative estimate of drug-likeness (QED) is 0.492. The van der Waals surface area contributed by atoms with Crippen LogP contribution in [0.5, 0.6) is 11.5 Å². The van der Waals surface area contributed by atoms with Crippen LogP contribution >= 0.6 is 24.0 Å². The van der Waals surface area contributed by atoms with Crippen molar-refractivity contribution >= 4 is 40.3 Å².